The number of hydrogen-bond acceptors (Lipinski definition) is 2. The molecule has 0 aliphatic heterocycles. The second kappa shape index (κ2) is 7.77. The van der Waals surface area contributed by atoms with E-state index in [9.17, 15) is 18.0 Å². The number of alkyl halides is 3. The number of rotatable bonds is 5. The van der Waals surface area contributed by atoms with E-state index in [1.807, 2.05) is 0 Å². The Morgan fingerprint density at radius 1 is 1.04 bits per heavy atom. The zero-order valence-corrected chi connectivity index (χ0v) is 13.8. The van der Waals surface area contributed by atoms with Gasteiger partial charge in [0.2, 0.25) is 5.91 Å². The largest absolute Gasteiger partial charge is 0.418 e. The number of halogens is 5. The van der Waals surface area contributed by atoms with Crippen LogP contribution in [0.5, 0.6) is 0 Å². The first-order valence-electron chi connectivity index (χ1n) is 6.92. The summed E-state index contributed by atoms with van der Waals surface area (Å²) in [5.41, 5.74) is -0.449. The molecule has 0 spiro atoms. The van der Waals surface area contributed by atoms with Crippen molar-refractivity contribution in [1.29, 1.82) is 0 Å². The Kier molecular flexibility index (Phi) is 5.96. The first kappa shape index (κ1) is 18.4. The van der Waals surface area contributed by atoms with E-state index >= 15 is 0 Å². The van der Waals surface area contributed by atoms with Gasteiger partial charge in [0.05, 0.1) is 16.3 Å². The molecule has 0 saturated carbocycles. The summed E-state index contributed by atoms with van der Waals surface area (Å²) < 4.78 is 38.6. The molecule has 0 aliphatic carbocycles. The lowest BCUT2D eigenvalue weighted by Crippen LogP contribution is -2.18. The van der Waals surface area contributed by atoms with Crippen molar-refractivity contribution in [3.8, 4) is 0 Å². The molecule has 24 heavy (non-hydrogen) atoms. The zero-order valence-electron chi connectivity index (χ0n) is 12.3. The second-order valence-corrected chi connectivity index (χ2v) is 5.74. The highest BCUT2D eigenvalue weighted by Crippen LogP contribution is 2.34. The van der Waals surface area contributed by atoms with Crippen LogP contribution in [0.4, 0.5) is 24.5 Å². The summed E-state index contributed by atoms with van der Waals surface area (Å²) >= 11 is 11.7. The number of carbonyl (C=O) groups is 1. The standard InChI is InChI=1S/C16H13Cl2F3N2O/c17-10-5-6-14(12(18)9-10)23-15(24)7-8-22-13-4-2-1-3-11(13)16(19,20)21/h1-6,9,22H,7-8H2,(H,23,24). The molecule has 3 nitrogen and oxygen atoms in total. The Labute approximate surface area is 146 Å². The zero-order chi connectivity index (χ0) is 17.7. The Balaban J connectivity index is 1.92. The lowest BCUT2D eigenvalue weighted by atomic mass is 10.1. The molecule has 128 valence electrons. The minimum atomic E-state index is -4.46. The molecule has 0 radical (unpaired) electrons. The number of carbonyl (C=O) groups excluding carboxylic acids is 1. The molecule has 0 unspecified atom stereocenters. The van der Waals surface area contributed by atoms with Crippen LogP contribution in [0.25, 0.3) is 0 Å². The lowest BCUT2D eigenvalue weighted by Gasteiger charge is -2.14. The number of nitrogens with one attached hydrogen (secondary N) is 2. The minimum absolute atomic E-state index is 0.0227. The first-order chi connectivity index (χ1) is 11.3. The molecule has 1 amide bonds. The molecule has 0 saturated heterocycles. The van der Waals surface area contributed by atoms with Crippen LogP contribution < -0.4 is 10.6 Å². The fourth-order valence-corrected chi connectivity index (χ4v) is 2.45. The van der Waals surface area contributed by atoms with Gasteiger partial charge >= 0.3 is 6.18 Å². The molecule has 8 heteroatoms. The van der Waals surface area contributed by atoms with Crippen LogP contribution >= 0.6 is 23.2 Å². The average Bonchev–Trinajstić information content (AvgIpc) is 2.49. The lowest BCUT2D eigenvalue weighted by molar-refractivity contribution is -0.137. The van der Waals surface area contributed by atoms with E-state index in [0.717, 1.165) is 6.07 Å². The summed E-state index contributed by atoms with van der Waals surface area (Å²) in [6, 6.07) is 9.70. The van der Waals surface area contributed by atoms with Crippen molar-refractivity contribution >= 4 is 40.5 Å². The molecule has 2 N–H and O–H groups in total. The highest BCUT2D eigenvalue weighted by Gasteiger charge is 2.33. The number of para-hydroxylation sites is 1. The topological polar surface area (TPSA) is 41.1 Å². The van der Waals surface area contributed by atoms with Gasteiger partial charge in [0.15, 0.2) is 0 Å². The predicted octanol–water partition coefficient (Wildman–Crippen LogP) is 5.45. The fraction of sp³-hybridized carbons (Fsp3) is 0.188. The molecule has 0 aromatic heterocycles. The van der Waals surface area contributed by atoms with Crippen molar-refractivity contribution in [2.75, 3.05) is 17.2 Å². The molecule has 0 atom stereocenters. The monoisotopic (exact) mass is 376 g/mol. The van der Waals surface area contributed by atoms with Crippen molar-refractivity contribution in [3.63, 3.8) is 0 Å². The second-order valence-electron chi connectivity index (χ2n) is 4.89. The Hall–Kier alpha value is -1.92. The van der Waals surface area contributed by atoms with Crippen molar-refractivity contribution in [1.82, 2.24) is 0 Å². The van der Waals surface area contributed by atoms with Crippen molar-refractivity contribution < 1.29 is 18.0 Å². The van der Waals surface area contributed by atoms with Crippen molar-refractivity contribution in [2.45, 2.75) is 12.6 Å². The van der Waals surface area contributed by atoms with Gasteiger partial charge in [-0.25, -0.2) is 0 Å². The number of anilines is 2. The van der Waals surface area contributed by atoms with E-state index in [4.69, 9.17) is 23.2 Å². The van der Waals surface area contributed by atoms with Crippen molar-refractivity contribution in [2.24, 2.45) is 0 Å². The third kappa shape index (κ3) is 5.04. The van der Waals surface area contributed by atoms with Gasteiger partial charge in [-0.15, -0.1) is 0 Å². The normalized spacial score (nSPS) is 11.2. The maximum Gasteiger partial charge on any atom is 0.418 e. The van der Waals surface area contributed by atoms with Gasteiger partial charge in [-0.2, -0.15) is 13.2 Å². The summed E-state index contributed by atoms with van der Waals surface area (Å²) in [6.45, 7) is 0.0458. The summed E-state index contributed by atoms with van der Waals surface area (Å²) in [5.74, 6) is -0.379. The van der Waals surface area contributed by atoms with Gasteiger partial charge < -0.3 is 10.6 Å². The van der Waals surface area contributed by atoms with E-state index in [0.29, 0.717) is 10.7 Å². The SMILES string of the molecule is O=C(CCNc1ccccc1C(F)(F)F)Nc1ccc(Cl)cc1Cl. The Morgan fingerprint density at radius 3 is 2.42 bits per heavy atom. The predicted molar refractivity (Wildman–Crippen MR) is 89.6 cm³/mol. The molecular formula is C16H13Cl2F3N2O. The van der Waals surface area contributed by atoms with Crippen molar-refractivity contribution in [3.05, 3.63) is 58.1 Å². The summed E-state index contributed by atoms with van der Waals surface area (Å²) in [6.07, 6.45) is -4.48. The highest BCUT2D eigenvalue weighted by molar-refractivity contribution is 6.36. The third-order valence-electron chi connectivity index (χ3n) is 3.11. The maximum atomic E-state index is 12.9. The van der Waals surface area contributed by atoms with Gasteiger partial charge in [-0.05, 0) is 30.3 Å². The third-order valence-corrected chi connectivity index (χ3v) is 3.65. The van der Waals surface area contributed by atoms with E-state index in [1.54, 1.807) is 12.1 Å². The van der Waals surface area contributed by atoms with Crippen LogP contribution in [0.1, 0.15) is 12.0 Å². The first-order valence-corrected chi connectivity index (χ1v) is 7.68. The van der Waals surface area contributed by atoms with E-state index in [-0.39, 0.29) is 29.6 Å². The highest BCUT2D eigenvalue weighted by atomic mass is 35.5. The van der Waals surface area contributed by atoms with Crippen LogP contribution in [-0.2, 0) is 11.0 Å². The Bertz CT molecular complexity index is 736. The van der Waals surface area contributed by atoms with Crippen LogP contribution in [0, 0.1) is 0 Å². The quantitative estimate of drug-likeness (QED) is 0.727. The maximum absolute atomic E-state index is 12.9. The molecule has 0 fully saturated rings. The molecular weight excluding hydrogens is 364 g/mol. The van der Waals surface area contributed by atoms with Crippen LogP contribution in [-0.4, -0.2) is 12.5 Å². The smallest absolute Gasteiger partial charge is 0.384 e. The fourth-order valence-electron chi connectivity index (χ4n) is 2.00. The van der Waals surface area contributed by atoms with Crippen LogP contribution in [0.3, 0.4) is 0 Å². The van der Waals surface area contributed by atoms with E-state index in [2.05, 4.69) is 10.6 Å². The van der Waals surface area contributed by atoms with Crippen LogP contribution in [0.2, 0.25) is 10.0 Å². The summed E-state index contributed by atoms with van der Waals surface area (Å²) in [7, 11) is 0. The molecule has 0 bridgehead atoms. The molecule has 2 aromatic carbocycles. The van der Waals surface area contributed by atoms with Crippen LogP contribution in [0.15, 0.2) is 42.5 Å². The van der Waals surface area contributed by atoms with Gasteiger partial charge in [0.1, 0.15) is 0 Å². The number of amides is 1. The van der Waals surface area contributed by atoms with Gasteiger partial charge in [0, 0.05) is 23.7 Å². The number of hydrogen-bond donors (Lipinski definition) is 2. The average molecular weight is 377 g/mol. The van der Waals surface area contributed by atoms with Gasteiger partial charge in [-0.3, -0.25) is 4.79 Å². The van der Waals surface area contributed by atoms with Gasteiger partial charge in [0.25, 0.3) is 0 Å². The summed E-state index contributed by atoms with van der Waals surface area (Å²) in [5, 5.41) is 5.92. The minimum Gasteiger partial charge on any atom is -0.384 e. The molecule has 0 aliphatic rings. The molecule has 0 heterocycles. The van der Waals surface area contributed by atoms with Gasteiger partial charge in [-0.1, -0.05) is 35.3 Å². The molecule has 2 aromatic rings. The number of benzene rings is 2. The van der Waals surface area contributed by atoms with E-state index < -0.39 is 11.7 Å². The molecule has 2 rings (SSSR count). The van der Waals surface area contributed by atoms with E-state index in [1.165, 1.54) is 24.3 Å². The Morgan fingerprint density at radius 2 is 1.75 bits per heavy atom. The summed E-state index contributed by atoms with van der Waals surface area (Å²) in [4.78, 5) is 11.9.